The minimum Gasteiger partial charge on any atom is -0.481 e. The van der Waals surface area contributed by atoms with Crippen LogP contribution in [0.25, 0.3) is 0 Å². The normalized spacial score (nSPS) is 25.1. The minimum absolute atomic E-state index is 0. The van der Waals surface area contributed by atoms with Crippen LogP contribution in [0, 0.1) is 17.8 Å². The van der Waals surface area contributed by atoms with Crippen molar-refractivity contribution in [2.75, 3.05) is 32.7 Å². The number of carboxylic acids is 3. The van der Waals surface area contributed by atoms with Gasteiger partial charge in [0.2, 0.25) is 70.9 Å². The monoisotopic (exact) mass is 1370 g/mol. The van der Waals surface area contributed by atoms with Gasteiger partial charge in [-0.05, 0) is 77.6 Å². The molecule has 13 atom stereocenters. The smallest absolute Gasteiger partial charge is 0.481 e. The van der Waals surface area contributed by atoms with Gasteiger partial charge in [0.25, 0.3) is 0 Å². The number of amides is 12. The number of carbonyl (C=O) groups is 15. The number of unbranched alkanes of at least 4 members (excludes halogenated alkanes) is 5. The van der Waals surface area contributed by atoms with Crippen molar-refractivity contribution in [2.24, 2.45) is 29.2 Å². The zero-order chi connectivity index (χ0) is 68.2. The molecule has 0 aliphatic carbocycles. The molecule has 0 aromatic carbocycles. The average molecular weight is 1370 g/mol. The van der Waals surface area contributed by atoms with Crippen LogP contribution in [0.2, 0.25) is 0 Å². The molecule has 34 heteroatoms. The van der Waals surface area contributed by atoms with E-state index in [1.807, 2.05) is 11.4 Å². The molecule has 0 radical (unpaired) electrons. The van der Waals surface area contributed by atoms with Crippen molar-refractivity contribution in [3.05, 3.63) is 12.2 Å². The molecule has 3 aliphatic rings. The molecule has 0 bridgehead atoms. The summed E-state index contributed by atoms with van der Waals surface area (Å²) >= 11 is 0. The van der Waals surface area contributed by atoms with Crippen LogP contribution in [0.3, 0.4) is 0 Å². The average Bonchev–Trinajstić information content (AvgIpc) is 1.78. The number of nitrogens with zero attached hydrogens (tertiary/aromatic N) is 2. The van der Waals surface area contributed by atoms with Crippen LogP contribution in [0.4, 0.5) is 0 Å². The Morgan fingerprint density at radius 2 is 1.13 bits per heavy atom. The molecule has 3 fully saturated rings. The standard InChI is InChI=1S/C59H96N14O18.2Ca/c1-8-32(4)20-15-13-11-9-10-12-14-16-23-41(74)66-38(28-60)52(83)71-49-35(7)64-53(84)40-22-19-25-73(40)57(88)46(31(2)3)69-56(87)48(34(6)61)68-43(76)30-63-50(81)36(26-44(77)78)65-42(75)29-62-51(82)37(27-45(79)80)67-55(86)47(33(5)59(90)91)70-54(85)39-21-17-18-24-72(39)58(49)89;;/h14,16,31-40,46-49H,8-13,15,17-30,60-61H2,1-7H3,(H,62,82)(H,63,81)(H,64,84)(H,65,75)(H,66,74)(H,67,86)(H,68,76)(H,69,87)(H,70,85)(H,71,83)(H,77,78)(H,79,80)(H,90,91);;/q;2*+2/b16-14+;;. The third-order valence-corrected chi connectivity index (χ3v) is 16.2. The maximum absolute atomic E-state index is 15.2. The summed E-state index contributed by atoms with van der Waals surface area (Å²) in [5.41, 5.74) is 12.2. The zero-order valence-corrected chi connectivity index (χ0v) is 58.9. The number of rotatable bonds is 23. The van der Waals surface area contributed by atoms with E-state index in [1.54, 1.807) is 19.9 Å². The fourth-order valence-electron chi connectivity index (χ4n) is 10.6. The maximum Gasteiger partial charge on any atom is 2.00 e. The summed E-state index contributed by atoms with van der Waals surface area (Å²) in [5, 5.41) is 52.9. The summed E-state index contributed by atoms with van der Waals surface area (Å²) in [6.07, 6.45) is 10.4. The Bertz CT molecular complexity index is 2650. The van der Waals surface area contributed by atoms with Crippen LogP contribution < -0.4 is 64.6 Å². The van der Waals surface area contributed by atoms with Gasteiger partial charge in [-0.15, -0.1) is 0 Å². The summed E-state index contributed by atoms with van der Waals surface area (Å²) in [4.78, 5) is 206. The summed E-state index contributed by atoms with van der Waals surface area (Å²) < 4.78 is 0. The summed E-state index contributed by atoms with van der Waals surface area (Å²) in [5.74, 6) is -19.3. The molecule has 3 heterocycles. The van der Waals surface area contributed by atoms with Crippen molar-refractivity contribution >= 4 is 164 Å². The number of carboxylic acid groups (broad SMARTS) is 3. The van der Waals surface area contributed by atoms with E-state index in [2.05, 4.69) is 61.7 Å². The molecule has 3 saturated heterocycles. The summed E-state index contributed by atoms with van der Waals surface area (Å²) in [7, 11) is 0. The van der Waals surface area contributed by atoms with E-state index in [4.69, 9.17) is 11.5 Å². The molecule has 0 saturated carbocycles. The van der Waals surface area contributed by atoms with Crippen molar-refractivity contribution in [3.8, 4) is 0 Å². The third kappa shape index (κ3) is 28.6. The predicted octanol–water partition coefficient (Wildman–Crippen LogP) is -3.90. The predicted molar refractivity (Wildman–Crippen MR) is 337 cm³/mol. The Morgan fingerprint density at radius 3 is 1.69 bits per heavy atom. The molecule has 13 unspecified atom stereocenters. The van der Waals surface area contributed by atoms with Crippen LogP contribution in [-0.4, -0.2) is 289 Å². The van der Waals surface area contributed by atoms with Gasteiger partial charge in [0.15, 0.2) is 0 Å². The number of hydrogen-bond acceptors (Lipinski definition) is 17. The molecule has 0 aromatic rings. The quantitative estimate of drug-likeness (QED) is 0.0264. The van der Waals surface area contributed by atoms with Crippen molar-refractivity contribution < 1.29 is 87.2 Å². The van der Waals surface area contributed by atoms with Crippen molar-refractivity contribution in [2.45, 2.75) is 218 Å². The van der Waals surface area contributed by atoms with Crippen LogP contribution in [0.5, 0.6) is 0 Å². The number of nitrogens with one attached hydrogen (secondary N) is 10. The number of nitrogens with two attached hydrogens (primary N) is 2. The van der Waals surface area contributed by atoms with Crippen molar-refractivity contribution in [3.63, 3.8) is 0 Å². The number of carbonyl (C=O) groups excluding carboxylic acids is 12. The van der Waals surface area contributed by atoms with Crippen molar-refractivity contribution in [1.82, 2.24) is 63.0 Å². The van der Waals surface area contributed by atoms with Crippen LogP contribution >= 0.6 is 0 Å². The van der Waals surface area contributed by atoms with Crippen LogP contribution in [0.15, 0.2) is 12.2 Å². The largest absolute Gasteiger partial charge is 2.00 e. The maximum atomic E-state index is 15.2. The molecule has 3 rings (SSSR count). The van der Waals surface area contributed by atoms with E-state index in [-0.39, 0.29) is 127 Å². The summed E-state index contributed by atoms with van der Waals surface area (Å²) in [6.45, 7) is 8.64. The molecular formula is C59H96Ca2N14O18+4. The molecule has 0 aromatic heterocycles. The van der Waals surface area contributed by atoms with E-state index in [1.165, 1.54) is 31.6 Å². The van der Waals surface area contributed by atoms with E-state index in [0.29, 0.717) is 5.92 Å². The SMILES string of the molecule is CCC(C)CCCCCCC/C=C/CC(=O)NC(CN)C(=O)NC1C(=O)N2CCCCC2C(=O)NC(C(C)C(=O)O)C(=O)NC(CC(=O)O)C(=O)NCC(=O)NC(CC(=O)O)C(=O)NCC(=O)NC(C(C)N)C(=O)NC(C(C)C)C(=O)N2CCCC2C(=O)NC1C.[Ca+2].[Ca+2]. The summed E-state index contributed by atoms with van der Waals surface area (Å²) in [6, 6.07) is -17.6. The number of allylic oxidation sites excluding steroid dienone is 1. The van der Waals surface area contributed by atoms with E-state index in [0.717, 1.165) is 50.3 Å². The zero-order valence-electron chi connectivity index (χ0n) is 54.5. The Hall–Kier alpha value is -5.77. The molecule has 12 amide bonds. The second kappa shape index (κ2) is 43.3. The second-order valence-corrected chi connectivity index (χ2v) is 24.0. The van der Waals surface area contributed by atoms with Gasteiger partial charge < -0.3 is 89.8 Å². The van der Waals surface area contributed by atoms with Gasteiger partial charge in [-0.2, -0.15) is 0 Å². The number of fused-ring (bicyclic) bond motifs is 2. The topological polar surface area (TPSA) is 496 Å². The van der Waals surface area contributed by atoms with E-state index < -0.39 is 200 Å². The molecule has 93 heavy (non-hydrogen) atoms. The Kier molecular flexibility index (Phi) is 39.7. The van der Waals surface area contributed by atoms with Crippen LogP contribution in [0.1, 0.15) is 151 Å². The fraction of sp³-hybridized carbons (Fsp3) is 0.712. The minimum atomic E-state index is -2.10. The third-order valence-electron chi connectivity index (χ3n) is 16.2. The van der Waals surface area contributed by atoms with Gasteiger partial charge in [-0.1, -0.05) is 78.4 Å². The van der Waals surface area contributed by atoms with Crippen molar-refractivity contribution in [1.29, 1.82) is 0 Å². The Morgan fingerprint density at radius 1 is 0.613 bits per heavy atom. The molecule has 32 nitrogen and oxygen atoms in total. The number of piperidine rings is 1. The number of hydrogen-bond donors (Lipinski definition) is 15. The van der Waals surface area contributed by atoms with Gasteiger partial charge in [0.1, 0.15) is 54.4 Å². The molecule has 510 valence electrons. The first-order valence-corrected chi connectivity index (χ1v) is 31.3. The molecular weight excluding hydrogens is 1270 g/mol. The van der Waals surface area contributed by atoms with Gasteiger partial charge in [0, 0.05) is 32.1 Å². The number of aliphatic carboxylic acids is 3. The first-order valence-electron chi connectivity index (χ1n) is 31.3. The Balaban J connectivity index is 0.0000216. The van der Waals surface area contributed by atoms with Gasteiger partial charge >= 0.3 is 93.4 Å². The second-order valence-electron chi connectivity index (χ2n) is 24.0. The molecule has 17 N–H and O–H groups in total. The van der Waals surface area contributed by atoms with E-state index in [9.17, 15) is 82.4 Å². The fourth-order valence-corrected chi connectivity index (χ4v) is 10.6. The first kappa shape index (κ1) is 85.2. The van der Waals surface area contributed by atoms with Crippen LogP contribution in [-0.2, 0) is 71.9 Å². The Labute approximate surface area is 601 Å². The molecule has 3 aliphatic heterocycles. The van der Waals surface area contributed by atoms with Gasteiger partial charge in [-0.25, -0.2) is 0 Å². The first-order chi connectivity index (χ1) is 42.9. The molecule has 0 spiro atoms. The van der Waals surface area contributed by atoms with E-state index >= 15 is 4.79 Å². The van der Waals surface area contributed by atoms with Gasteiger partial charge in [0.05, 0.1) is 37.9 Å². The van der Waals surface area contributed by atoms with Gasteiger partial charge in [-0.3, -0.25) is 71.9 Å².